The number of hydrogen-bond donors (Lipinski definition) is 0. The second-order valence-electron chi connectivity index (χ2n) is 17.3. The molecule has 15 rings (SSSR count). The fraction of sp³-hybridized carbons (Fsp3) is 0. The number of para-hydroxylation sites is 6. The molecule has 0 N–H and O–H groups in total. The molecule has 0 atom stereocenters. The van der Waals surface area contributed by atoms with E-state index in [1.807, 2.05) is 12.1 Å². The van der Waals surface area contributed by atoms with Gasteiger partial charge in [0.2, 0.25) is 0 Å². The molecule has 0 aliphatic carbocycles. The van der Waals surface area contributed by atoms with E-state index >= 15 is 0 Å². The summed E-state index contributed by atoms with van der Waals surface area (Å²) in [5.41, 5.74) is 16.1. The average Bonchev–Trinajstić information content (AvgIpc) is 4.09. The van der Waals surface area contributed by atoms with Crippen molar-refractivity contribution in [1.82, 2.24) is 23.5 Å². The first kappa shape index (κ1) is 34.7. The van der Waals surface area contributed by atoms with Crippen LogP contribution in [-0.4, -0.2) is 23.5 Å². The Morgan fingerprint density at radius 3 is 1.57 bits per heavy atom. The van der Waals surface area contributed by atoms with Gasteiger partial charge in [-0.1, -0.05) is 133 Å². The molecule has 0 unspecified atom stereocenters. The summed E-state index contributed by atoms with van der Waals surface area (Å²) in [4.78, 5) is 10.8. The molecule has 5 nitrogen and oxygen atoms in total. The molecular weight excluding hydrogens is 791 g/mol. The molecule has 0 saturated heterocycles. The summed E-state index contributed by atoms with van der Waals surface area (Å²) in [5, 5.41) is 12.5. The van der Waals surface area contributed by atoms with Crippen molar-refractivity contribution in [2.24, 2.45) is 0 Å². The number of nitrogens with zero attached hydrogens (tertiary/aromatic N) is 5. The molecule has 0 aliphatic rings. The third-order valence-electron chi connectivity index (χ3n) is 13.9. The van der Waals surface area contributed by atoms with E-state index in [1.54, 1.807) is 0 Å². The highest BCUT2D eigenvalue weighted by molar-refractivity contribution is 6.34. The lowest BCUT2D eigenvalue weighted by molar-refractivity contribution is 1.18. The number of hydrogen-bond acceptors (Lipinski definition) is 2. The molecule has 0 saturated carbocycles. The van der Waals surface area contributed by atoms with E-state index in [-0.39, 0.29) is 0 Å². The Morgan fingerprint density at radius 2 is 0.815 bits per heavy atom. The van der Waals surface area contributed by atoms with Gasteiger partial charge in [-0.2, -0.15) is 0 Å². The number of fused-ring (bicyclic) bond motifs is 15. The van der Waals surface area contributed by atoms with Gasteiger partial charge in [0, 0.05) is 65.6 Å². The van der Waals surface area contributed by atoms with Gasteiger partial charge in [0.05, 0.1) is 61.0 Å². The molecule has 0 radical (unpaired) electrons. The Bertz CT molecular complexity index is 4460. The van der Waals surface area contributed by atoms with Crippen LogP contribution in [0.5, 0.6) is 0 Å². The van der Waals surface area contributed by atoms with Crippen molar-refractivity contribution in [3.63, 3.8) is 0 Å². The highest BCUT2D eigenvalue weighted by Crippen LogP contribution is 2.47. The van der Waals surface area contributed by atoms with Gasteiger partial charge in [0.25, 0.3) is 0 Å². The van der Waals surface area contributed by atoms with Crippen molar-refractivity contribution in [3.05, 3.63) is 212 Å². The topological polar surface area (TPSA) is 40.0 Å². The predicted octanol–water partition coefficient (Wildman–Crippen LogP) is 15.5. The molecule has 5 heterocycles. The lowest BCUT2D eigenvalue weighted by atomic mass is 10.0. The summed E-state index contributed by atoms with van der Waals surface area (Å²) >= 11 is 0. The third-order valence-corrected chi connectivity index (χ3v) is 13.9. The molecule has 0 bridgehead atoms. The zero-order chi connectivity index (χ0) is 42.3. The van der Waals surface area contributed by atoms with Gasteiger partial charge in [0.1, 0.15) is 0 Å². The van der Waals surface area contributed by atoms with Gasteiger partial charge in [-0.3, -0.25) is 0 Å². The minimum absolute atomic E-state index is 0.851. The van der Waals surface area contributed by atoms with Gasteiger partial charge in [-0.05, 0) is 89.6 Å². The fourth-order valence-corrected chi connectivity index (χ4v) is 11.1. The predicted molar refractivity (Wildman–Crippen MR) is 271 cm³/mol. The van der Waals surface area contributed by atoms with E-state index in [0.717, 1.165) is 50.4 Å². The molecule has 300 valence electrons. The minimum Gasteiger partial charge on any atom is -0.309 e. The molecule has 0 fully saturated rings. The summed E-state index contributed by atoms with van der Waals surface area (Å²) in [7, 11) is 0. The van der Waals surface area contributed by atoms with Crippen LogP contribution >= 0.6 is 0 Å². The van der Waals surface area contributed by atoms with Crippen molar-refractivity contribution in [3.8, 4) is 33.9 Å². The molecular formula is C60H35N5. The standard InChI is InChI=1S/C60H35N5/c1-2-16-40(17-3-1)63-51-23-11-6-18-42(51)44-31-28-39(34-54(44)63)58-57(61-49-21-9-10-22-50(49)62-58)36-26-29-41(30-27-36)64-55-33-38-15-5-4-14-37(38)32-46(55)48-35-47-43-19-7-12-24-52(43)65-53-25-13-8-20-45(53)56(59(48)64)60(47)65/h1-35H. The Labute approximate surface area is 371 Å². The molecule has 5 aromatic heterocycles. The van der Waals surface area contributed by atoms with E-state index < -0.39 is 0 Å². The van der Waals surface area contributed by atoms with Gasteiger partial charge < -0.3 is 13.5 Å². The number of rotatable bonds is 4. The number of benzene rings is 10. The molecule has 5 heteroatoms. The quantitative estimate of drug-likeness (QED) is 0.177. The molecule has 0 amide bonds. The van der Waals surface area contributed by atoms with Crippen LogP contribution in [0.1, 0.15) is 0 Å². The van der Waals surface area contributed by atoms with Gasteiger partial charge in [-0.25, -0.2) is 9.97 Å². The average molecular weight is 826 g/mol. The lowest BCUT2D eigenvalue weighted by Gasteiger charge is -2.14. The van der Waals surface area contributed by atoms with E-state index in [1.165, 1.54) is 87.0 Å². The lowest BCUT2D eigenvalue weighted by Crippen LogP contribution is -1.98. The second-order valence-corrected chi connectivity index (χ2v) is 17.3. The zero-order valence-corrected chi connectivity index (χ0v) is 34.9. The van der Waals surface area contributed by atoms with Crippen molar-refractivity contribution in [1.29, 1.82) is 0 Å². The van der Waals surface area contributed by atoms with Crippen molar-refractivity contribution < 1.29 is 0 Å². The third kappa shape index (κ3) is 4.76. The first-order chi connectivity index (χ1) is 32.2. The smallest absolute Gasteiger partial charge is 0.0973 e. The van der Waals surface area contributed by atoms with Crippen LogP contribution in [0.3, 0.4) is 0 Å². The second kappa shape index (κ2) is 12.9. The van der Waals surface area contributed by atoms with Crippen LogP contribution < -0.4 is 0 Å². The highest BCUT2D eigenvalue weighted by Gasteiger charge is 2.25. The minimum atomic E-state index is 0.851. The highest BCUT2D eigenvalue weighted by atomic mass is 15.0. The SMILES string of the molecule is c1ccc(-n2c3ccccc3c3ccc(-c4nc5ccccc5nc4-c4ccc(-n5c6cc7ccccc7cc6c6cc7c8ccccc8n8c9ccccc9c(c65)c78)cc4)cc32)cc1. The van der Waals surface area contributed by atoms with Gasteiger partial charge in [0.15, 0.2) is 0 Å². The summed E-state index contributed by atoms with van der Waals surface area (Å²) in [6.07, 6.45) is 0. The largest absolute Gasteiger partial charge is 0.309 e. The maximum atomic E-state index is 5.39. The van der Waals surface area contributed by atoms with Crippen LogP contribution in [0.4, 0.5) is 0 Å². The molecule has 10 aromatic carbocycles. The monoisotopic (exact) mass is 825 g/mol. The molecule has 15 aromatic rings. The Hall–Kier alpha value is -8.80. The van der Waals surface area contributed by atoms with Crippen molar-refractivity contribution in [2.45, 2.75) is 0 Å². The van der Waals surface area contributed by atoms with Crippen LogP contribution in [0.2, 0.25) is 0 Å². The van der Waals surface area contributed by atoms with Gasteiger partial charge in [-0.15, -0.1) is 0 Å². The van der Waals surface area contributed by atoms with E-state index in [0.29, 0.717) is 0 Å². The van der Waals surface area contributed by atoms with Crippen molar-refractivity contribution >= 4 is 104 Å². The van der Waals surface area contributed by atoms with Crippen molar-refractivity contribution in [2.75, 3.05) is 0 Å². The maximum Gasteiger partial charge on any atom is 0.0973 e. The summed E-state index contributed by atoms with van der Waals surface area (Å²) in [5.74, 6) is 0. The fourth-order valence-electron chi connectivity index (χ4n) is 11.1. The molecule has 65 heavy (non-hydrogen) atoms. The first-order valence-electron chi connectivity index (χ1n) is 22.2. The van der Waals surface area contributed by atoms with Crippen LogP contribution in [0, 0.1) is 0 Å². The zero-order valence-electron chi connectivity index (χ0n) is 34.9. The number of aromatic nitrogens is 5. The normalized spacial score (nSPS) is 12.3. The van der Waals surface area contributed by atoms with E-state index in [4.69, 9.17) is 9.97 Å². The molecule has 0 spiro atoms. The molecule has 0 aliphatic heterocycles. The van der Waals surface area contributed by atoms with E-state index in [2.05, 4.69) is 214 Å². The van der Waals surface area contributed by atoms with E-state index in [9.17, 15) is 0 Å². The van der Waals surface area contributed by atoms with Gasteiger partial charge >= 0.3 is 0 Å². The van der Waals surface area contributed by atoms with Crippen LogP contribution in [0.25, 0.3) is 137 Å². The Balaban J connectivity index is 0.984. The Morgan fingerprint density at radius 1 is 0.292 bits per heavy atom. The summed E-state index contributed by atoms with van der Waals surface area (Å²) < 4.78 is 7.35. The van der Waals surface area contributed by atoms with Crippen LogP contribution in [0.15, 0.2) is 212 Å². The van der Waals surface area contributed by atoms with Crippen LogP contribution in [-0.2, 0) is 0 Å². The summed E-state index contributed by atoms with van der Waals surface area (Å²) in [6.45, 7) is 0. The summed E-state index contributed by atoms with van der Waals surface area (Å²) in [6, 6.07) is 77.0. The first-order valence-corrected chi connectivity index (χ1v) is 22.2. The Kier molecular flexibility index (Phi) is 6.89. The maximum absolute atomic E-state index is 5.39.